The van der Waals surface area contributed by atoms with E-state index in [-0.39, 0.29) is 11.9 Å². The van der Waals surface area contributed by atoms with Crippen molar-refractivity contribution in [1.29, 1.82) is 0 Å². The first-order valence-corrected chi connectivity index (χ1v) is 7.54. The number of anilines is 1. The molecule has 0 spiro atoms. The molecule has 114 valence electrons. The van der Waals surface area contributed by atoms with Gasteiger partial charge in [-0.25, -0.2) is 4.39 Å². The van der Waals surface area contributed by atoms with Gasteiger partial charge in [0, 0.05) is 12.0 Å². The van der Waals surface area contributed by atoms with E-state index in [4.69, 9.17) is 17.0 Å². The molecule has 0 unspecified atom stereocenters. The molecule has 0 aliphatic heterocycles. The van der Waals surface area contributed by atoms with Gasteiger partial charge in [0.05, 0.1) is 12.8 Å². The lowest BCUT2D eigenvalue weighted by Gasteiger charge is -2.13. The molecule has 2 N–H and O–H groups in total. The van der Waals surface area contributed by atoms with Crippen LogP contribution in [0.15, 0.2) is 48.5 Å². The molecule has 0 heterocycles. The summed E-state index contributed by atoms with van der Waals surface area (Å²) in [5, 5.41) is 6.95. The maximum absolute atomic E-state index is 13.2. The first-order chi connectivity index (χ1) is 10.7. The molecule has 2 aromatic rings. The molecular formula is C17H17FN2OS. The molecule has 0 radical (unpaired) electrons. The van der Waals surface area contributed by atoms with Gasteiger partial charge in [-0.1, -0.05) is 24.3 Å². The summed E-state index contributed by atoms with van der Waals surface area (Å²) in [7, 11) is 1.62. The minimum absolute atomic E-state index is 0.196. The smallest absolute Gasteiger partial charge is 0.171 e. The molecule has 2 atom stereocenters. The maximum atomic E-state index is 13.2. The number of hydrogen-bond acceptors (Lipinski definition) is 2. The van der Waals surface area contributed by atoms with Crippen LogP contribution in [0.5, 0.6) is 5.75 Å². The van der Waals surface area contributed by atoms with Crippen molar-refractivity contribution in [3.63, 3.8) is 0 Å². The highest BCUT2D eigenvalue weighted by Gasteiger charge is 2.39. The van der Waals surface area contributed by atoms with E-state index in [0.717, 1.165) is 23.4 Å². The first kappa shape index (κ1) is 14.8. The number of nitrogens with one attached hydrogen (secondary N) is 2. The summed E-state index contributed by atoms with van der Waals surface area (Å²) in [6, 6.07) is 14.6. The number of ether oxygens (including phenoxy) is 1. The zero-order valence-corrected chi connectivity index (χ0v) is 13.0. The number of hydrogen-bond donors (Lipinski definition) is 2. The van der Waals surface area contributed by atoms with E-state index in [9.17, 15) is 4.39 Å². The third-order valence-electron chi connectivity index (χ3n) is 3.74. The van der Waals surface area contributed by atoms with Crippen LogP contribution < -0.4 is 15.4 Å². The van der Waals surface area contributed by atoms with E-state index < -0.39 is 0 Å². The molecule has 3 nitrogen and oxygen atoms in total. The minimum Gasteiger partial charge on any atom is -0.495 e. The second-order valence-electron chi connectivity index (χ2n) is 5.30. The van der Waals surface area contributed by atoms with Gasteiger partial charge in [0.25, 0.3) is 0 Å². The lowest BCUT2D eigenvalue weighted by atomic mass is 10.1. The average Bonchev–Trinajstić information content (AvgIpc) is 3.27. The quantitative estimate of drug-likeness (QED) is 0.843. The molecule has 0 bridgehead atoms. The van der Waals surface area contributed by atoms with Crippen LogP contribution in [-0.4, -0.2) is 18.3 Å². The Balaban J connectivity index is 1.58. The van der Waals surface area contributed by atoms with Crippen LogP contribution in [0.4, 0.5) is 10.1 Å². The first-order valence-electron chi connectivity index (χ1n) is 7.13. The normalized spacial score (nSPS) is 19.4. The summed E-state index contributed by atoms with van der Waals surface area (Å²) in [6.45, 7) is 0. The van der Waals surface area contributed by atoms with Gasteiger partial charge in [-0.05, 0) is 48.5 Å². The van der Waals surface area contributed by atoms with E-state index in [2.05, 4.69) is 10.6 Å². The Morgan fingerprint density at radius 3 is 2.82 bits per heavy atom. The van der Waals surface area contributed by atoms with Gasteiger partial charge in [-0.15, -0.1) is 0 Å². The van der Waals surface area contributed by atoms with Crippen molar-refractivity contribution in [1.82, 2.24) is 5.32 Å². The molecule has 1 fully saturated rings. The van der Waals surface area contributed by atoms with Gasteiger partial charge in [0.15, 0.2) is 5.11 Å². The van der Waals surface area contributed by atoms with Crippen molar-refractivity contribution in [2.45, 2.75) is 18.4 Å². The third-order valence-corrected chi connectivity index (χ3v) is 3.96. The second-order valence-corrected chi connectivity index (χ2v) is 5.71. The number of para-hydroxylation sites is 2. The Labute approximate surface area is 134 Å². The van der Waals surface area contributed by atoms with E-state index in [1.807, 2.05) is 30.3 Å². The highest BCUT2D eigenvalue weighted by atomic mass is 32.1. The molecule has 1 aliphatic carbocycles. The molecule has 0 aromatic heterocycles. The summed E-state index contributed by atoms with van der Waals surface area (Å²) in [6.07, 6.45) is 0.956. The van der Waals surface area contributed by atoms with E-state index in [1.165, 1.54) is 6.07 Å². The summed E-state index contributed by atoms with van der Waals surface area (Å²) in [5.74, 6) is 0.857. The number of halogens is 1. The Bertz CT molecular complexity index is 692. The summed E-state index contributed by atoms with van der Waals surface area (Å²) >= 11 is 5.34. The van der Waals surface area contributed by atoms with Crippen molar-refractivity contribution in [2.24, 2.45) is 0 Å². The zero-order chi connectivity index (χ0) is 15.5. The van der Waals surface area contributed by atoms with Crippen LogP contribution >= 0.6 is 12.2 Å². The molecule has 1 saturated carbocycles. The summed E-state index contributed by atoms with van der Waals surface area (Å²) in [5.41, 5.74) is 1.84. The lowest BCUT2D eigenvalue weighted by molar-refractivity contribution is 0.417. The lowest BCUT2D eigenvalue weighted by Crippen LogP contribution is -2.31. The Morgan fingerprint density at radius 2 is 2.05 bits per heavy atom. The molecule has 5 heteroatoms. The van der Waals surface area contributed by atoms with Gasteiger partial charge in [-0.2, -0.15) is 0 Å². The summed E-state index contributed by atoms with van der Waals surface area (Å²) < 4.78 is 18.5. The van der Waals surface area contributed by atoms with Crippen molar-refractivity contribution >= 4 is 23.0 Å². The minimum atomic E-state index is -0.196. The van der Waals surface area contributed by atoms with Crippen LogP contribution in [-0.2, 0) is 0 Å². The van der Waals surface area contributed by atoms with Crippen LogP contribution in [0.2, 0.25) is 0 Å². The Kier molecular flexibility index (Phi) is 4.24. The average molecular weight is 316 g/mol. The molecular weight excluding hydrogens is 299 g/mol. The van der Waals surface area contributed by atoms with Gasteiger partial charge in [0.1, 0.15) is 11.6 Å². The maximum Gasteiger partial charge on any atom is 0.171 e. The van der Waals surface area contributed by atoms with Crippen molar-refractivity contribution in [3.05, 3.63) is 59.9 Å². The molecule has 2 aromatic carbocycles. The van der Waals surface area contributed by atoms with E-state index >= 15 is 0 Å². The number of rotatable bonds is 4. The van der Waals surface area contributed by atoms with Gasteiger partial charge in [-0.3, -0.25) is 0 Å². The van der Waals surface area contributed by atoms with E-state index in [0.29, 0.717) is 11.0 Å². The molecule has 0 saturated heterocycles. The standard InChI is InChI=1S/C17H17FN2OS/c1-21-16-8-3-2-7-14(16)19-17(22)20-15-10-13(15)11-5-4-6-12(18)9-11/h2-9,13,15H,10H2,1H3,(H2,19,20,22)/t13-,15+/m0/s1. The molecule has 22 heavy (non-hydrogen) atoms. The monoisotopic (exact) mass is 316 g/mol. The second kappa shape index (κ2) is 6.32. The molecule has 1 aliphatic rings. The van der Waals surface area contributed by atoms with Gasteiger partial charge >= 0.3 is 0 Å². The number of methoxy groups -OCH3 is 1. The predicted molar refractivity (Wildman–Crippen MR) is 89.9 cm³/mol. The molecule has 3 rings (SSSR count). The molecule has 0 amide bonds. The largest absolute Gasteiger partial charge is 0.495 e. The fourth-order valence-corrected chi connectivity index (χ4v) is 2.80. The van der Waals surface area contributed by atoms with Crippen LogP contribution in [0, 0.1) is 5.82 Å². The van der Waals surface area contributed by atoms with Crippen LogP contribution in [0.25, 0.3) is 0 Å². The van der Waals surface area contributed by atoms with Crippen molar-refractivity contribution in [3.8, 4) is 5.75 Å². The topological polar surface area (TPSA) is 33.3 Å². The fraction of sp³-hybridized carbons (Fsp3) is 0.235. The Hall–Kier alpha value is -2.14. The number of thiocarbonyl (C=S) groups is 1. The van der Waals surface area contributed by atoms with Crippen molar-refractivity contribution in [2.75, 3.05) is 12.4 Å². The number of benzene rings is 2. The zero-order valence-electron chi connectivity index (χ0n) is 12.2. The van der Waals surface area contributed by atoms with E-state index in [1.54, 1.807) is 19.2 Å². The predicted octanol–water partition coefficient (Wildman–Crippen LogP) is 3.68. The fourth-order valence-electron chi connectivity index (χ4n) is 2.53. The third kappa shape index (κ3) is 3.36. The van der Waals surface area contributed by atoms with Gasteiger partial charge in [0.2, 0.25) is 0 Å². The van der Waals surface area contributed by atoms with Crippen LogP contribution in [0.3, 0.4) is 0 Å². The van der Waals surface area contributed by atoms with Gasteiger partial charge < -0.3 is 15.4 Å². The SMILES string of the molecule is COc1ccccc1NC(=S)N[C@@H]1C[C@H]1c1cccc(F)c1. The highest BCUT2D eigenvalue weighted by molar-refractivity contribution is 7.80. The highest BCUT2D eigenvalue weighted by Crippen LogP contribution is 2.41. The van der Waals surface area contributed by atoms with Crippen molar-refractivity contribution < 1.29 is 9.13 Å². The summed E-state index contributed by atoms with van der Waals surface area (Å²) in [4.78, 5) is 0. The van der Waals surface area contributed by atoms with Crippen LogP contribution in [0.1, 0.15) is 17.9 Å². The Morgan fingerprint density at radius 1 is 1.23 bits per heavy atom.